The van der Waals surface area contributed by atoms with Gasteiger partial charge in [-0.05, 0) is 19.8 Å². The Bertz CT molecular complexity index is 522. The molecule has 1 unspecified atom stereocenters. The molecule has 2 amide bonds. The number of morpholine rings is 1. The molecule has 1 aromatic heterocycles. The fourth-order valence-electron chi connectivity index (χ4n) is 4.13. The van der Waals surface area contributed by atoms with E-state index in [1.54, 1.807) is 12.5 Å². The quantitative estimate of drug-likeness (QED) is 0.818. The van der Waals surface area contributed by atoms with Crippen LogP contribution in [0, 0.1) is 0 Å². The Hall–Kier alpha value is -1.60. The largest absolute Gasteiger partial charge is 0.379 e. The van der Waals surface area contributed by atoms with Gasteiger partial charge >= 0.3 is 6.03 Å². The normalized spacial score (nSPS) is 22.3. The van der Waals surface area contributed by atoms with Gasteiger partial charge in [-0.15, -0.1) is 0 Å². The molecular weight excluding hydrogens is 318 g/mol. The SMILES string of the molecule is CC(Cn1ccnc1)NC(=O)NCC1(N2CCOCC2)CCCCC1. The zero-order chi connectivity index (χ0) is 17.5. The number of ether oxygens (including phenoxy) is 1. The molecule has 1 saturated heterocycles. The van der Waals surface area contributed by atoms with Crippen molar-refractivity contribution in [1.82, 2.24) is 25.1 Å². The monoisotopic (exact) mass is 349 g/mol. The Balaban J connectivity index is 1.50. The third-order valence-corrected chi connectivity index (χ3v) is 5.47. The summed E-state index contributed by atoms with van der Waals surface area (Å²) < 4.78 is 7.49. The van der Waals surface area contributed by atoms with Gasteiger partial charge in [0.2, 0.25) is 0 Å². The van der Waals surface area contributed by atoms with Gasteiger partial charge in [-0.3, -0.25) is 4.90 Å². The van der Waals surface area contributed by atoms with E-state index in [0.717, 1.165) is 52.2 Å². The molecule has 2 fully saturated rings. The summed E-state index contributed by atoms with van der Waals surface area (Å²) >= 11 is 0. The predicted molar refractivity (Wildman–Crippen MR) is 96.4 cm³/mol. The van der Waals surface area contributed by atoms with Gasteiger partial charge in [-0.2, -0.15) is 0 Å². The second-order valence-corrected chi connectivity index (χ2v) is 7.37. The summed E-state index contributed by atoms with van der Waals surface area (Å²) in [4.78, 5) is 18.9. The molecule has 2 N–H and O–H groups in total. The van der Waals surface area contributed by atoms with E-state index in [1.165, 1.54) is 19.3 Å². The summed E-state index contributed by atoms with van der Waals surface area (Å²) in [5, 5.41) is 6.18. The van der Waals surface area contributed by atoms with Crippen molar-refractivity contribution in [2.45, 2.75) is 57.2 Å². The number of urea groups is 1. The third-order valence-electron chi connectivity index (χ3n) is 5.47. The zero-order valence-corrected chi connectivity index (χ0v) is 15.2. The lowest BCUT2D eigenvalue weighted by Crippen LogP contribution is -2.60. The van der Waals surface area contributed by atoms with Gasteiger partial charge in [0.15, 0.2) is 0 Å². The van der Waals surface area contributed by atoms with E-state index in [2.05, 4.69) is 20.5 Å². The molecular formula is C18H31N5O2. The Labute approximate surface area is 150 Å². The van der Waals surface area contributed by atoms with Crippen molar-refractivity contribution < 1.29 is 9.53 Å². The van der Waals surface area contributed by atoms with E-state index in [0.29, 0.717) is 0 Å². The molecule has 0 bridgehead atoms. The third kappa shape index (κ3) is 4.95. The van der Waals surface area contributed by atoms with E-state index < -0.39 is 0 Å². The van der Waals surface area contributed by atoms with Crippen molar-refractivity contribution in [1.29, 1.82) is 0 Å². The molecule has 1 aromatic rings. The first-order valence-corrected chi connectivity index (χ1v) is 9.51. The van der Waals surface area contributed by atoms with Crippen LogP contribution in [0.5, 0.6) is 0 Å². The Morgan fingerprint density at radius 2 is 2.04 bits per heavy atom. The van der Waals surface area contributed by atoms with Crippen LogP contribution in [0.25, 0.3) is 0 Å². The topological polar surface area (TPSA) is 71.4 Å². The highest BCUT2D eigenvalue weighted by Crippen LogP contribution is 2.33. The average Bonchev–Trinajstić information content (AvgIpc) is 3.14. The fourth-order valence-corrected chi connectivity index (χ4v) is 4.13. The molecule has 0 spiro atoms. The number of carbonyl (C=O) groups is 1. The minimum Gasteiger partial charge on any atom is -0.379 e. The van der Waals surface area contributed by atoms with Gasteiger partial charge in [-0.25, -0.2) is 9.78 Å². The van der Waals surface area contributed by atoms with E-state index in [-0.39, 0.29) is 17.6 Å². The van der Waals surface area contributed by atoms with Crippen LogP contribution in [0.1, 0.15) is 39.0 Å². The summed E-state index contributed by atoms with van der Waals surface area (Å²) in [6.07, 6.45) is 11.6. The number of nitrogens with one attached hydrogen (secondary N) is 2. The van der Waals surface area contributed by atoms with Crippen LogP contribution in [0.15, 0.2) is 18.7 Å². The molecule has 0 radical (unpaired) electrons. The smallest absolute Gasteiger partial charge is 0.315 e. The van der Waals surface area contributed by atoms with Crippen molar-refractivity contribution in [3.05, 3.63) is 18.7 Å². The Morgan fingerprint density at radius 1 is 1.28 bits per heavy atom. The number of hydrogen-bond acceptors (Lipinski definition) is 4. The second-order valence-electron chi connectivity index (χ2n) is 7.37. The van der Waals surface area contributed by atoms with Crippen LogP contribution in [0.3, 0.4) is 0 Å². The van der Waals surface area contributed by atoms with E-state index in [9.17, 15) is 4.79 Å². The molecule has 1 aliphatic heterocycles. The van der Waals surface area contributed by atoms with Crippen LogP contribution in [-0.2, 0) is 11.3 Å². The minimum absolute atomic E-state index is 0.0555. The van der Waals surface area contributed by atoms with Crippen LogP contribution in [-0.4, -0.2) is 64.9 Å². The molecule has 2 aliphatic rings. The number of hydrogen-bond donors (Lipinski definition) is 2. The first-order valence-electron chi connectivity index (χ1n) is 9.51. The van der Waals surface area contributed by atoms with Gasteiger partial charge in [0.1, 0.15) is 0 Å². The highest BCUT2D eigenvalue weighted by molar-refractivity contribution is 5.74. The van der Waals surface area contributed by atoms with Crippen molar-refractivity contribution in [2.75, 3.05) is 32.8 Å². The summed E-state index contributed by atoms with van der Waals surface area (Å²) in [7, 11) is 0. The minimum atomic E-state index is -0.0779. The van der Waals surface area contributed by atoms with Crippen molar-refractivity contribution in [3.63, 3.8) is 0 Å². The average molecular weight is 349 g/mol. The van der Waals surface area contributed by atoms with Gasteiger partial charge in [0.25, 0.3) is 0 Å². The molecule has 3 rings (SSSR count). The zero-order valence-electron chi connectivity index (χ0n) is 15.2. The molecule has 1 atom stereocenters. The molecule has 7 nitrogen and oxygen atoms in total. The molecule has 1 aliphatic carbocycles. The Morgan fingerprint density at radius 3 is 2.72 bits per heavy atom. The van der Waals surface area contributed by atoms with Crippen LogP contribution >= 0.6 is 0 Å². The number of amides is 2. The van der Waals surface area contributed by atoms with E-state index in [1.807, 2.05) is 17.7 Å². The maximum atomic E-state index is 12.4. The summed E-state index contributed by atoms with van der Waals surface area (Å²) in [6.45, 7) is 7.00. The predicted octanol–water partition coefficient (Wildman–Crippen LogP) is 1.61. The maximum Gasteiger partial charge on any atom is 0.315 e. The number of rotatable bonds is 6. The standard InChI is InChI=1S/C18H31N5O2/c1-16(13-22-8-7-19-15-22)21-17(24)20-14-18(5-3-2-4-6-18)23-9-11-25-12-10-23/h7-8,15-16H,2-6,9-14H2,1H3,(H2,20,21,24). The number of nitrogens with zero attached hydrogens (tertiary/aromatic N) is 3. The van der Waals surface area contributed by atoms with Crippen molar-refractivity contribution in [3.8, 4) is 0 Å². The maximum absolute atomic E-state index is 12.4. The molecule has 7 heteroatoms. The molecule has 1 saturated carbocycles. The first-order chi connectivity index (χ1) is 12.2. The highest BCUT2D eigenvalue weighted by Gasteiger charge is 2.38. The van der Waals surface area contributed by atoms with Gasteiger partial charge in [0.05, 0.1) is 19.5 Å². The molecule has 2 heterocycles. The summed E-state index contributed by atoms with van der Waals surface area (Å²) in [6, 6.07) is -0.0225. The lowest BCUT2D eigenvalue weighted by molar-refractivity contribution is -0.0357. The number of carbonyl (C=O) groups excluding carboxylic acids is 1. The van der Waals surface area contributed by atoms with Crippen molar-refractivity contribution in [2.24, 2.45) is 0 Å². The fraction of sp³-hybridized carbons (Fsp3) is 0.778. The first kappa shape index (κ1) is 18.2. The van der Waals surface area contributed by atoms with Gasteiger partial charge < -0.3 is 19.9 Å². The van der Waals surface area contributed by atoms with Crippen molar-refractivity contribution >= 4 is 6.03 Å². The number of aromatic nitrogens is 2. The highest BCUT2D eigenvalue weighted by atomic mass is 16.5. The van der Waals surface area contributed by atoms with Crippen LogP contribution in [0.4, 0.5) is 4.79 Å². The van der Waals surface area contributed by atoms with Crippen LogP contribution < -0.4 is 10.6 Å². The van der Waals surface area contributed by atoms with Crippen LogP contribution in [0.2, 0.25) is 0 Å². The molecule has 25 heavy (non-hydrogen) atoms. The second kappa shape index (κ2) is 8.67. The molecule has 0 aromatic carbocycles. The number of imidazole rings is 1. The lowest BCUT2D eigenvalue weighted by Gasteiger charge is -2.48. The molecule has 140 valence electrons. The van der Waals surface area contributed by atoms with Gasteiger partial charge in [0, 0.05) is 50.2 Å². The Kier molecular flexibility index (Phi) is 6.31. The summed E-state index contributed by atoms with van der Waals surface area (Å²) in [5.41, 5.74) is 0.104. The van der Waals surface area contributed by atoms with E-state index >= 15 is 0 Å². The lowest BCUT2D eigenvalue weighted by atomic mass is 9.80. The van der Waals surface area contributed by atoms with Gasteiger partial charge in [-0.1, -0.05) is 19.3 Å². The summed E-state index contributed by atoms with van der Waals surface area (Å²) in [5.74, 6) is 0. The van der Waals surface area contributed by atoms with E-state index in [4.69, 9.17) is 4.74 Å².